The molecule has 0 aliphatic carbocycles. The molecule has 0 amide bonds. The number of thiophene rings is 1. The molecule has 2 heterocycles. The predicted molar refractivity (Wildman–Crippen MR) is 86.0 cm³/mol. The molecule has 0 saturated heterocycles. The Morgan fingerprint density at radius 1 is 1.19 bits per heavy atom. The number of nitrogens with zero attached hydrogens (tertiary/aromatic N) is 3. The van der Waals surface area contributed by atoms with E-state index in [9.17, 15) is 0 Å². The SMILES string of the molecule is Cn1nc(-c2cccs2)nc1CCC(N)c1ccccc1. The van der Waals surface area contributed by atoms with Crippen LogP contribution in [0.4, 0.5) is 0 Å². The van der Waals surface area contributed by atoms with E-state index >= 15 is 0 Å². The zero-order valence-corrected chi connectivity index (χ0v) is 12.8. The van der Waals surface area contributed by atoms with Crippen LogP contribution in [0.25, 0.3) is 10.7 Å². The van der Waals surface area contributed by atoms with Crippen molar-refractivity contribution in [2.75, 3.05) is 0 Å². The summed E-state index contributed by atoms with van der Waals surface area (Å²) in [6, 6.07) is 14.3. The zero-order valence-electron chi connectivity index (χ0n) is 11.9. The van der Waals surface area contributed by atoms with Crippen LogP contribution in [0.5, 0.6) is 0 Å². The monoisotopic (exact) mass is 298 g/mol. The number of hydrogen-bond acceptors (Lipinski definition) is 4. The van der Waals surface area contributed by atoms with Crippen LogP contribution in [0.3, 0.4) is 0 Å². The van der Waals surface area contributed by atoms with Crippen LogP contribution >= 0.6 is 11.3 Å². The highest BCUT2D eigenvalue weighted by Crippen LogP contribution is 2.22. The molecule has 108 valence electrons. The van der Waals surface area contributed by atoms with Gasteiger partial charge in [0.15, 0.2) is 5.82 Å². The third kappa shape index (κ3) is 3.20. The van der Waals surface area contributed by atoms with Crippen LogP contribution in [-0.2, 0) is 13.5 Å². The molecule has 0 bridgehead atoms. The average Bonchev–Trinajstić information content (AvgIpc) is 3.15. The van der Waals surface area contributed by atoms with Gasteiger partial charge in [0.05, 0.1) is 4.88 Å². The fourth-order valence-electron chi connectivity index (χ4n) is 2.30. The van der Waals surface area contributed by atoms with Gasteiger partial charge in [-0.3, -0.25) is 4.68 Å². The average molecular weight is 298 g/mol. The van der Waals surface area contributed by atoms with Crippen molar-refractivity contribution in [3.63, 3.8) is 0 Å². The quantitative estimate of drug-likeness (QED) is 0.787. The van der Waals surface area contributed by atoms with Crippen LogP contribution in [0.2, 0.25) is 0 Å². The Kier molecular flexibility index (Phi) is 4.13. The van der Waals surface area contributed by atoms with Crippen LogP contribution < -0.4 is 5.73 Å². The molecule has 0 fully saturated rings. The van der Waals surface area contributed by atoms with E-state index in [1.807, 2.05) is 47.4 Å². The molecule has 1 aromatic carbocycles. The van der Waals surface area contributed by atoms with Gasteiger partial charge >= 0.3 is 0 Å². The number of aromatic nitrogens is 3. The van der Waals surface area contributed by atoms with Crippen LogP contribution in [0, 0.1) is 0 Å². The highest BCUT2D eigenvalue weighted by Gasteiger charge is 2.12. The van der Waals surface area contributed by atoms with E-state index in [1.165, 1.54) is 0 Å². The summed E-state index contributed by atoms with van der Waals surface area (Å²) in [5, 5.41) is 6.52. The van der Waals surface area contributed by atoms with Crippen molar-refractivity contribution >= 4 is 11.3 Å². The minimum absolute atomic E-state index is 0.0353. The van der Waals surface area contributed by atoms with Gasteiger partial charge in [0.2, 0.25) is 0 Å². The van der Waals surface area contributed by atoms with E-state index in [1.54, 1.807) is 11.3 Å². The summed E-state index contributed by atoms with van der Waals surface area (Å²) >= 11 is 1.66. The lowest BCUT2D eigenvalue weighted by molar-refractivity contribution is 0.605. The van der Waals surface area contributed by atoms with Crippen molar-refractivity contribution in [2.45, 2.75) is 18.9 Å². The van der Waals surface area contributed by atoms with Gasteiger partial charge in [-0.25, -0.2) is 4.98 Å². The summed E-state index contributed by atoms with van der Waals surface area (Å²) in [5.41, 5.74) is 7.40. The second kappa shape index (κ2) is 6.20. The first-order valence-electron chi connectivity index (χ1n) is 6.98. The number of hydrogen-bond donors (Lipinski definition) is 1. The summed E-state index contributed by atoms with van der Waals surface area (Å²) in [6.45, 7) is 0. The van der Waals surface area contributed by atoms with Gasteiger partial charge in [0, 0.05) is 19.5 Å². The molecule has 1 atom stereocenters. The molecule has 4 nitrogen and oxygen atoms in total. The van der Waals surface area contributed by atoms with E-state index < -0.39 is 0 Å². The molecular weight excluding hydrogens is 280 g/mol. The van der Waals surface area contributed by atoms with Gasteiger partial charge in [-0.15, -0.1) is 11.3 Å². The molecule has 21 heavy (non-hydrogen) atoms. The Bertz CT molecular complexity index is 688. The molecule has 0 spiro atoms. The van der Waals surface area contributed by atoms with Crippen LogP contribution in [0.1, 0.15) is 23.9 Å². The fraction of sp³-hybridized carbons (Fsp3) is 0.250. The molecule has 2 N–H and O–H groups in total. The minimum Gasteiger partial charge on any atom is -0.324 e. The minimum atomic E-state index is 0.0353. The zero-order chi connectivity index (χ0) is 14.7. The molecule has 3 aromatic rings. The number of rotatable bonds is 5. The molecule has 0 aliphatic rings. The van der Waals surface area contributed by atoms with Crippen molar-refractivity contribution in [3.05, 3.63) is 59.2 Å². The highest BCUT2D eigenvalue weighted by molar-refractivity contribution is 7.13. The van der Waals surface area contributed by atoms with E-state index in [2.05, 4.69) is 22.2 Å². The lowest BCUT2D eigenvalue weighted by Crippen LogP contribution is -2.12. The Hall–Kier alpha value is -1.98. The van der Waals surface area contributed by atoms with E-state index in [4.69, 9.17) is 5.73 Å². The van der Waals surface area contributed by atoms with E-state index in [-0.39, 0.29) is 6.04 Å². The van der Waals surface area contributed by atoms with E-state index in [0.29, 0.717) is 0 Å². The Morgan fingerprint density at radius 3 is 2.71 bits per heavy atom. The lowest BCUT2D eigenvalue weighted by Gasteiger charge is -2.11. The Labute approximate surface area is 128 Å². The van der Waals surface area contributed by atoms with Crippen molar-refractivity contribution in [2.24, 2.45) is 12.8 Å². The molecule has 0 saturated carbocycles. The number of benzene rings is 1. The fourth-order valence-corrected chi connectivity index (χ4v) is 2.95. The first kappa shape index (κ1) is 14.0. The molecule has 3 rings (SSSR count). The molecule has 5 heteroatoms. The maximum absolute atomic E-state index is 6.24. The van der Waals surface area contributed by atoms with Crippen molar-refractivity contribution in [3.8, 4) is 10.7 Å². The second-order valence-corrected chi connectivity index (χ2v) is 5.96. The van der Waals surface area contributed by atoms with Gasteiger partial charge in [-0.1, -0.05) is 36.4 Å². The lowest BCUT2D eigenvalue weighted by atomic mass is 10.0. The third-order valence-corrected chi connectivity index (χ3v) is 4.37. The smallest absolute Gasteiger partial charge is 0.191 e. The van der Waals surface area contributed by atoms with Crippen LogP contribution in [-0.4, -0.2) is 14.8 Å². The summed E-state index contributed by atoms with van der Waals surface area (Å²) in [6.07, 6.45) is 1.69. The van der Waals surface area contributed by atoms with Crippen molar-refractivity contribution in [1.82, 2.24) is 14.8 Å². The first-order valence-corrected chi connectivity index (χ1v) is 7.86. The van der Waals surface area contributed by atoms with Gasteiger partial charge < -0.3 is 5.73 Å². The largest absolute Gasteiger partial charge is 0.324 e. The maximum Gasteiger partial charge on any atom is 0.191 e. The van der Waals surface area contributed by atoms with Crippen molar-refractivity contribution < 1.29 is 0 Å². The summed E-state index contributed by atoms with van der Waals surface area (Å²) in [4.78, 5) is 5.73. The first-order chi connectivity index (χ1) is 10.2. The topological polar surface area (TPSA) is 56.7 Å². The number of aryl methyl sites for hydroxylation is 2. The van der Waals surface area contributed by atoms with Gasteiger partial charge in [-0.2, -0.15) is 5.10 Å². The van der Waals surface area contributed by atoms with Crippen LogP contribution in [0.15, 0.2) is 47.8 Å². The Balaban J connectivity index is 1.68. The summed E-state index contributed by atoms with van der Waals surface area (Å²) in [5.74, 6) is 1.78. The second-order valence-electron chi connectivity index (χ2n) is 5.01. The van der Waals surface area contributed by atoms with Gasteiger partial charge in [0.25, 0.3) is 0 Å². The molecule has 0 aliphatic heterocycles. The molecule has 1 unspecified atom stereocenters. The Morgan fingerprint density at radius 2 is 2.00 bits per heavy atom. The van der Waals surface area contributed by atoms with Gasteiger partial charge in [0.1, 0.15) is 5.82 Å². The summed E-state index contributed by atoms with van der Waals surface area (Å²) < 4.78 is 1.85. The third-order valence-electron chi connectivity index (χ3n) is 3.50. The highest BCUT2D eigenvalue weighted by atomic mass is 32.1. The maximum atomic E-state index is 6.24. The van der Waals surface area contributed by atoms with Gasteiger partial charge in [-0.05, 0) is 23.4 Å². The normalized spacial score (nSPS) is 12.5. The molecular formula is C16H18N4S. The van der Waals surface area contributed by atoms with Crippen molar-refractivity contribution in [1.29, 1.82) is 0 Å². The predicted octanol–water partition coefficient (Wildman–Crippen LogP) is 3.18. The number of nitrogens with two attached hydrogens (primary N) is 1. The standard InChI is InChI=1S/C16H18N4S/c1-20-15(18-16(19-20)14-8-5-11-21-14)10-9-13(17)12-6-3-2-4-7-12/h2-8,11,13H,9-10,17H2,1H3. The molecule has 0 radical (unpaired) electrons. The summed E-state index contributed by atoms with van der Waals surface area (Å²) in [7, 11) is 1.94. The molecule has 2 aromatic heterocycles. The van der Waals surface area contributed by atoms with E-state index in [0.717, 1.165) is 34.9 Å².